The summed E-state index contributed by atoms with van der Waals surface area (Å²) in [7, 11) is 0. The number of halogens is 4. The Balaban J connectivity index is 2.28. The molecule has 1 unspecified atom stereocenters. The fourth-order valence-corrected chi connectivity index (χ4v) is 3.18. The van der Waals surface area contributed by atoms with E-state index in [4.69, 9.17) is 17.4 Å². The molecule has 0 saturated carbocycles. The largest absolute Gasteiger partial charge is 0.271 e. The van der Waals surface area contributed by atoms with Crippen LogP contribution in [0.1, 0.15) is 17.2 Å². The Morgan fingerprint density at radius 3 is 2.70 bits per heavy atom. The van der Waals surface area contributed by atoms with Gasteiger partial charge in [0.15, 0.2) is 0 Å². The van der Waals surface area contributed by atoms with Crippen LogP contribution in [0.4, 0.5) is 4.39 Å². The number of hydrogen-bond acceptors (Lipinski definition) is 2. The van der Waals surface area contributed by atoms with Crippen LogP contribution in [0.25, 0.3) is 0 Å². The first kappa shape index (κ1) is 16.2. The lowest BCUT2D eigenvalue weighted by Crippen LogP contribution is -2.30. The summed E-state index contributed by atoms with van der Waals surface area (Å²) < 4.78 is 15.3. The quantitative estimate of drug-likeness (QED) is 0.391. The second-order valence-corrected chi connectivity index (χ2v) is 6.84. The van der Waals surface area contributed by atoms with Gasteiger partial charge in [-0.05, 0) is 70.5 Å². The van der Waals surface area contributed by atoms with Gasteiger partial charge in [-0.15, -0.1) is 0 Å². The molecule has 0 radical (unpaired) electrons. The first-order valence-electron chi connectivity index (χ1n) is 5.86. The van der Waals surface area contributed by atoms with Gasteiger partial charge in [-0.3, -0.25) is 11.3 Å². The normalized spacial score (nSPS) is 12.4. The zero-order valence-electron chi connectivity index (χ0n) is 10.3. The van der Waals surface area contributed by atoms with Crippen molar-refractivity contribution in [2.24, 2.45) is 5.84 Å². The number of hydrazine groups is 1. The lowest BCUT2D eigenvalue weighted by Gasteiger charge is -2.18. The molecule has 3 N–H and O–H groups in total. The molecule has 106 valence electrons. The fraction of sp³-hybridized carbons (Fsp3) is 0.143. The highest BCUT2D eigenvalue weighted by molar-refractivity contribution is 14.1. The highest BCUT2D eigenvalue weighted by atomic mass is 127. The Morgan fingerprint density at radius 1 is 1.30 bits per heavy atom. The van der Waals surface area contributed by atoms with Crippen molar-refractivity contribution in [3.63, 3.8) is 0 Å². The zero-order chi connectivity index (χ0) is 14.7. The summed E-state index contributed by atoms with van der Waals surface area (Å²) in [5.41, 5.74) is 4.78. The minimum absolute atomic E-state index is 0.0828. The third-order valence-electron chi connectivity index (χ3n) is 2.96. The molecule has 0 heterocycles. The monoisotopic (exact) mass is 468 g/mol. The number of hydrogen-bond donors (Lipinski definition) is 2. The van der Waals surface area contributed by atoms with Crippen LogP contribution in [-0.4, -0.2) is 0 Å². The van der Waals surface area contributed by atoms with Gasteiger partial charge in [0.25, 0.3) is 0 Å². The van der Waals surface area contributed by atoms with Crippen LogP contribution in [0.3, 0.4) is 0 Å². The van der Waals surface area contributed by atoms with E-state index in [1.165, 1.54) is 6.07 Å². The molecule has 0 aliphatic rings. The van der Waals surface area contributed by atoms with E-state index >= 15 is 0 Å². The molecule has 0 aliphatic carbocycles. The van der Waals surface area contributed by atoms with E-state index in [0.29, 0.717) is 6.42 Å². The van der Waals surface area contributed by atoms with Crippen LogP contribution in [0.5, 0.6) is 0 Å². The van der Waals surface area contributed by atoms with Crippen molar-refractivity contribution in [1.82, 2.24) is 5.43 Å². The topological polar surface area (TPSA) is 38.0 Å². The summed E-state index contributed by atoms with van der Waals surface area (Å²) >= 11 is 11.6. The van der Waals surface area contributed by atoms with Crippen LogP contribution in [-0.2, 0) is 6.42 Å². The van der Waals surface area contributed by atoms with Crippen molar-refractivity contribution in [2.75, 3.05) is 0 Å². The Hall–Kier alpha value is -0.210. The zero-order valence-corrected chi connectivity index (χ0v) is 14.8. The molecule has 20 heavy (non-hydrogen) atoms. The predicted molar refractivity (Wildman–Crippen MR) is 92.0 cm³/mol. The Morgan fingerprint density at radius 2 is 2.05 bits per heavy atom. The number of nitrogens with one attached hydrogen (secondary N) is 1. The molecule has 2 aromatic rings. The number of rotatable bonds is 4. The summed E-state index contributed by atoms with van der Waals surface area (Å²) in [4.78, 5) is 0. The predicted octanol–water partition coefficient (Wildman–Crippen LogP) is 4.59. The van der Waals surface area contributed by atoms with E-state index in [9.17, 15) is 4.39 Å². The Kier molecular flexibility index (Phi) is 5.80. The van der Waals surface area contributed by atoms with Crippen LogP contribution < -0.4 is 11.3 Å². The summed E-state index contributed by atoms with van der Waals surface area (Å²) in [5, 5.41) is 0.125. The van der Waals surface area contributed by atoms with Crippen molar-refractivity contribution in [2.45, 2.75) is 12.5 Å². The van der Waals surface area contributed by atoms with Crippen LogP contribution in [0.2, 0.25) is 5.02 Å². The van der Waals surface area contributed by atoms with Gasteiger partial charge in [-0.25, -0.2) is 4.39 Å². The van der Waals surface area contributed by atoms with Crippen LogP contribution in [0, 0.1) is 9.39 Å². The maximum Gasteiger partial charge on any atom is 0.141 e. The molecule has 2 aromatic carbocycles. The highest BCUT2D eigenvalue weighted by Gasteiger charge is 2.15. The molecule has 0 bridgehead atoms. The van der Waals surface area contributed by atoms with E-state index in [1.54, 1.807) is 12.1 Å². The molecule has 0 amide bonds. The average molecular weight is 470 g/mol. The van der Waals surface area contributed by atoms with Gasteiger partial charge in [0.2, 0.25) is 0 Å². The minimum Gasteiger partial charge on any atom is -0.271 e. The van der Waals surface area contributed by atoms with E-state index in [-0.39, 0.29) is 11.1 Å². The van der Waals surface area contributed by atoms with Gasteiger partial charge in [0, 0.05) is 8.04 Å². The van der Waals surface area contributed by atoms with E-state index in [1.807, 2.05) is 12.1 Å². The van der Waals surface area contributed by atoms with E-state index < -0.39 is 5.82 Å². The lowest BCUT2D eigenvalue weighted by molar-refractivity contribution is 0.548. The van der Waals surface area contributed by atoms with Gasteiger partial charge >= 0.3 is 0 Å². The molecule has 6 heteroatoms. The molecule has 2 nitrogen and oxygen atoms in total. The van der Waals surface area contributed by atoms with Gasteiger partial charge in [0.1, 0.15) is 5.82 Å². The van der Waals surface area contributed by atoms with Gasteiger partial charge in [0.05, 0.1) is 11.1 Å². The van der Waals surface area contributed by atoms with E-state index in [0.717, 1.165) is 19.2 Å². The maximum atomic E-state index is 13.2. The maximum absolute atomic E-state index is 13.2. The summed E-state index contributed by atoms with van der Waals surface area (Å²) in [6.07, 6.45) is 0.620. The second kappa shape index (κ2) is 7.17. The van der Waals surface area contributed by atoms with Crippen LogP contribution in [0.15, 0.2) is 40.9 Å². The first-order valence-corrected chi connectivity index (χ1v) is 8.11. The SMILES string of the molecule is NNC(Cc1ccc(F)c(Cl)c1)c1cc(I)ccc1Br. The summed E-state index contributed by atoms with van der Waals surface area (Å²) in [6, 6.07) is 10.7. The lowest BCUT2D eigenvalue weighted by atomic mass is 9.99. The molecular weight excluding hydrogens is 457 g/mol. The third kappa shape index (κ3) is 3.92. The van der Waals surface area contributed by atoms with Crippen molar-refractivity contribution < 1.29 is 4.39 Å². The number of nitrogens with two attached hydrogens (primary N) is 1. The highest BCUT2D eigenvalue weighted by Crippen LogP contribution is 2.28. The molecule has 0 fully saturated rings. The smallest absolute Gasteiger partial charge is 0.141 e. The summed E-state index contributed by atoms with van der Waals surface area (Å²) in [5.74, 6) is 5.25. The number of benzene rings is 2. The van der Waals surface area contributed by atoms with Gasteiger partial charge in [-0.1, -0.05) is 33.6 Å². The van der Waals surface area contributed by atoms with Gasteiger partial charge < -0.3 is 0 Å². The molecule has 0 saturated heterocycles. The van der Waals surface area contributed by atoms with Crippen molar-refractivity contribution in [3.8, 4) is 0 Å². The van der Waals surface area contributed by atoms with Crippen molar-refractivity contribution in [3.05, 3.63) is 66.4 Å². The van der Waals surface area contributed by atoms with Crippen molar-refractivity contribution >= 4 is 50.1 Å². The molecule has 0 aliphatic heterocycles. The molecule has 1 atom stereocenters. The molecule has 0 aromatic heterocycles. The summed E-state index contributed by atoms with van der Waals surface area (Å²) in [6.45, 7) is 0. The van der Waals surface area contributed by atoms with Crippen molar-refractivity contribution in [1.29, 1.82) is 0 Å². The third-order valence-corrected chi connectivity index (χ3v) is 4.64. The molecular formula is C14H12BrClFIN2. The Labute approximate surface area is 144 Å². The first-order chi connectivity index (χ1) is 9.51. The minimum atomic E-state index is -0.414. The second-order valence-electron chi connectivity index (χ2n) is 4.34. The molecule has 2 rings (SSSR count). The Bertz CT molecular complexity index is 624. The standard InChI is InChI=1S/C14H12BrClFIN2/c15-11-3-2-9(18)7-10(11)14(20-19)6-8-1-4-13(17)12(16)5-8/h1-5,7,14,20H,6,19H2. The van der Waals surface area contributed by atoms with E-state index in [2.05, 4.69) is 50.0 Å². The fourth-order valence-electron chi connectivity index (χ4n) is 1.94. The van der Waals surface area contributed by atoms with Crippen LogP contribution >= 0.6 is 50.1 Å². The molecule has 0 spiro atoms. The average Bonchev–Trinajstić information content (AvgIpc) is 2.43. The van der Waals surface area contributed by atoms with Gasteiger partial charge in [-0.2, -0.15) is 0 Å².